The minimum Gasteiger partial charge on any atom is -0.385 e. The summed E-state index contributed by atoms with van der Waals surface area (Å²) in [6.07, 6.45) is 5.44. The molecule has 0 aliphatic carbocycles. The van der Waals surface area contributed by atoms with Gasteiger partial charge in [-0.1, -0.05) is 6.07 Å². The summed E-state index contributed by atoms with van der Waals surface area (Å²) in [6, 6.07) is 7.66. The normalized spacial score (nSPS) is 13.2. The van der Waals surface area contributed by atoms with Crippen molar-refractivity contribution >= 4 is 17.3 Å². The third-order valence-electron chi connectivity index (χ3n) is 3.61. The fourth-order valence-corrected chi connectivity index (χ4v) is 2.53. The van der Waals surface area contributed by atoms with E-state index in [9.17, 15) is 4.79 Å². The van der Waals surface area contributed by atoms with Crippen molar-refractivity contribution in [2.75, 3.05) is 17.2 Å². The molecule has 2 aromatic rings. The smallest absolute Gasteiger partial charge is 0.256 e. The Bertz CT molecular complexity index is 652. The van der Waals surface area contributed by atoms with Crippen LogP contribution in [0, 0.1) is 6.92 Å². The molecule has 2 heterocycles. The molecule has 1 amide bonds. The lowest BCUT2D eigenvalue weighted by atomic mass is 9.97. The fraction of sp³-hybridized carbons (Fsp3) is 0.250. The first-order valence-electron chi connectivity index (χ1n) is 6.83. The molecule has 3 rings (SSSR count). The van der Waals surface area contributed by atoms with Crippen molar-refractivity contribution in [2.24, 2.45) is 0 Å². The molecule has 1 aromatic heterocycles. The molecular weight excluding hydrogens is 250 g/mol. The van der Waals surface area contributed by atoms with Gasteiger partial charge in [0.15, 0.2) is 0 Å². The number of carbonyl (C=O) groups excluding carboxylic acids is 1. The van der Waals surface area contributed by atoms with E-state index in [1.807, 2.05) is 31.2 Å². The lowest BCUT2D eigenvalue weighted by molar-refractivity contribution is 0.102. The summed E-state index contributed by atoms with van der Waals surface area (Å²) < 4.78 is 0. The maximum atomic E-state index is 12.5. The maximum Gasteiger partial charge on any atom is 0.256 e. The van der Waals surface area contributed by atoms with Crippen molar-refractivity contribution < 1.29 is 4.79 Å². The van der Waals surface area contributed by atoms with Gasteiger partial charge in [-0.2, -0.15) is 0 Å². The van der Waals surface area contributed by atoms with Gasteiger partial charge in [0.25, 0.3) is 5.91 Å². The van der Waals surface area contributed by atoms with E-state index in [1.54, 1.807) is 12.4 Å². The average Bonchev–Trinajstić information content (AvgIpc) is 2.49. The molecule has 0 radical (unpaired) electrons. The summed E-state index contributed by atoms with van der Waals surface area (Å²) in [4.78, 5) is 16.5. The quantitative estimate of drug-likeness (QED) is 0.879. The molecule has 0 saturated carbocycles. The fourth-order valence-electron chi connectivity index (χ4n) is 2.53. The topological polar surface area (TPSA) is 54.0 Å². The number of nitrogens with one attached hydrogen (secondary N) is 2. The van der Waals surface area contributed by atoms with Gasteiger partial charge in [0.05, 0.1) is 0 Å². The van der Waals surface area contributed by atoms with E-state index in [0.29, 0.717) is 0 Å². The Morgan fingerprint density at radius 3 is 3.10 bits per heavy atom. The first kappa shape index (κ1) is 12.7. The van der Waals surface area contributed by atoms with Crippen LogP contribution in [0.3, 0.4) is 0 Å². The summed E-state index contributed by atoms with van der Waals surface area (Å²) >= 11 is 0. The summed E-state index contributed by atoms with van der Waals surface area (Å²) in [5.41, 5.74) is 4.72. The highest BCUT2D eigenvalue weighted by molar-refractivity contribution is 6.06. The zero-order valence-electron chi connectivity index (χ0n) is 11.4. The van der Waals surface area contributed by atoms with Crippen molar-refractivity contribution in [1.29, 1.82) is 0 Å². The molecule has 0 fully saturated rings. The molecule has 102 valence electrons. The number of hydrogen-bond acceptors (Lipinski definition) is 3. The number of nitrogens with zero attached hydrogens (tertiary/aromatic N) is 1. The van der Waals surface area contributed by atoms with Crippen LogP contribution in [0.1, 0.15) is 27.9 Å². The number of aryl methyl sites for hydroxylation is 1. The number of carbonyl (C=O) groups is 1. The SMILES string of the molecule is Cc1cnccc1NC(=O)c1cccc2c1CCCN2. The van der Waals surface area contributed by atoms with E-state index in [-0.39, 0.29) is 5.91 Å². The van der Waals surface area contributed by atoms with Gasteiger partial charge in [0.2, 0.25) is 0 Å². The van der Waals surface area contributed by atoms with E-state index in [1.165, 1.54) is 0 Å². The van der Waals surface area contributed by atoms with E-state index >= 15 is 0 Å². The molecule has 4 heteroatoms. The van der Waals surface area contributed by atoms with Crippen molar-refractivity contribution in [3.8, 4) is 0 Å². The summed E-state index contributed by atoms with van der Waals surface area (Å²) in [5.74, 6) is -0.0557. The van der Waals surface area contributed by atoms with Gasteiger partial charge in [-0.25, -0.2) is 0 Å². The Morgan fingerprint density at radius 1 is 1.35 bits per heavy atom. The summed E-state index contributed by atoms with van der Waals surface area (Å²) in [6.45, 7) is 2.91. The Hall–Kier alpha value is -2.36. The second-order valence-corrected chi connectivity index (χ2v) is 5.01. The lowest BCUT2D eigenvalue weighted by Gasteiger charge is -2.20. The highest BCUT2D eigenvalue weighted by atomic mass is 16.1. The van der Waals surface area contributed by atoms with E-state index in [2.05, 4.69) is 15.6 Å². The number of hydrogen-bond donors (Lipinski definition) is 2. The van der Waals surface area contributed by atoms with Gasteiger partial charge < -0.3 is 10.6 Å². The number of anilines is 2. The molecule has 0 saturated heterocycles. The average molecular weight is 267 g/mol. The van der Waals surface area contributed by atoms with Crippen LogP contribution in [0.4, 0.5) is 11.4 Å². The molecule has 1 aliphatic rings. The van der Waals surface area contributed by atoms with Gasteiger partial charge in [-0.15, -0.1) is 0 Å². The number of rotatable bonds is 2. The molecule has 1 aliphatic heterocycles. The zero-order valence-corrected chi connectivity index (χ0v) is 11.4. The van der Waals surface area contributed by atoms with E-state index in [0.717, 1.165) is 47.5 Å². The standard InChI is InChI=1S/C16H17N3O/c1-11-10-17-9-7-14(11)19-16(20)13-4-2-6-15-12(13)5-3-8-18-15/h2,4,6-7,9-10,18H,3,5,8H2,1H3,(H,17,19,20). The van der Waals surface area contributed by atoms with Crippen LogP contribution >= 0.6 is 0 Å². The van der Waals surface area contributed by atoms with Crippen molar-refractivity contribution in [1.82, 2.24) is 4.98 Å². The van der Waals surface area contributed by atoms with Crippen LogP contribution in [0.15, 0.2) is 36.7 Å². The van der Waals surface area contributed by atoms with Crippen molar-refractivity contribution in [3.05, 3.63) is 53.3 Å². The van der Waals surface area contributed by atoms with Crippen LogP contribution in [0.5, 0.6) is 0 Å². The van der Waals surface area contributed by atoms with Crippen molar-refractivity contribution in [2.45, 2.75) is 19.8 Å². The Labute approximate surface area is 118 Å². The minimum atomic E-state index is -0.0557. The monoisotopic (exact) mass is 267 g/mol. The van der Waals surface area contributed by atoms with Crippen LogP contribution in [0.25, 0.3) is 0 Å². The Balaban J connectivity index is 1.90. The summed E-state index contributed by atoms with van der Waals surface area (Å²) in [5, 5.41) is 6.31. The highest BCUT2D eigenvalue weighted by Gasteiger charge is 2.17. The maximum absolute atomic E-state index is 12.5. The summed E-state index contributed by atoms with van der Waals surface area (Å²) in [7, 11) is 0. The van der Waals surface area contributed by atoms with Crippen LogP contribution < -0.4 is 10.6 Å². The predicted octanol–water partition coefficient (Wildman–Crippen LogP) is 3.00. The molecule has 0 unspecified atom stereocenters. The number of pyridine rings is 1. The second kappa shape index (κ2) is 5.33. The van der Waals surface area contributed by atoms with E-state index in [4.69, 9.17) is 0 Å². The van der Waals surface area contributed by atoms with Gasteiger partial charge in [0.1, 0.15) is 0 Å². The molecule has 1 aromatic carbocycles. The van der Waals surface area contributed by atoms with Crippen LogP contribution in [0.2, 0.25) is 0 Å². The van der Waals surface area contributed by atoms with E-state index < -0.39 is 0 Å². The lowest BCUT2D eigenvalue weighted by Crippen LogP contribution is -2.19. The highest BCUT2D eigenvalue weighted by Crippen LogP contribution is 2.26. The molecule has 0 atom stereocenters. The number of fused-ring (bicyclic) bond motifs is 1. The van der Waals surface area contributed by atoms with Gasteiger partial charge in [-0.05, 0) is 49.1 Å². The first-order chi connectivity index (χ1) is 9.75. The minimum absolute atomic E-state index is 0.0557. The van der Waals surface area contributed by atoms with Gasteiger partial charge in [0, 0.05) is 35.9 Å². The Morgan fingerprint density at radius 2 is 2.25 bits per heavy atom. The molecular formula is C16H17N3O. The number of amides is 1. The molecule has 4 nitrogen and oxygen atoms in total. The molecule has 0 spiro atoms. The van der Waals surface area contributed by atoms with Crippen LogP contribution in [-0.2, 0) is 6.42 Å². The largest absolute Gasteiger partial charge is 0.385 e. The van der Waals surface area contributed by atoms with Gasteiger partial charge in [-0.3, -0.25) is 9.78 Å². The van der Waals surface area contributed by atoms with Gasteiger partial charge >= 0.3 is 0 Å². The molecule has 20 heavy (non-hydrogen) atoms. The third kappa shape index (κ3) is 2.37. The molecule has 0 bridgehead atoms. The molecule has 2 N–H and O–H groups in total. The third-order valence-corrected chi connectivity index (χ3v) is 3.61. The Kier molecular flexibility index (Phi) is 3.37. The zero-order chi connectivity index (χ0) is 13.9. The number of benzene rings is 1. The van der Waals surface area contributed by atoms with Crippen molar-refractivity contribution in [3.63, 3.8) is 0 Å². The van der Waals surface area contributed by atoms with Crippen LogP contribution in [-0.4, -0.2) is 17.4 Å². The number of aromatic nitrogens is 1. The predicted molar refractivity (Wildman–Crippen MR) is 80.2 cm³/mol. The second-order valence-electron chi connectivity index (χ2n) is 5.01. The first-order valence-corrected chi connectivity index (χ1v) is 6.83.